The number of rotatable bonds is 3. The van der Waals surface area contributed by atoms with Crippen LogP contribution in [0.25, 0.3) is 0 Å². The van der Waals surface area contributed by atoms with Gasteiger partial charge >= 0.3 is 0 Å². The highest BCUT2D eigenvalue weighted by molar-refractivity contribution is 9.10. The van der Waals surface area contributed by atoms with Crippen LogP contribution >= 0.6 is 15.9 Å². The van der Waals surface area contributed by atoms with Crippen molar-refractivity contribution in [3.63, 3.8) is 0 Å². The van der Waals surface area contributed by atoms with E-state index in [1.165, 1.54) is 12.8 Å². The zero-order valence-electron chi connectivity index (χ0n) is 13.1. The van der Waals surface area contributed by atoms with Gasteiger partial charge in [0.2, 0.25) is 0 Å². The SMILES string of the molecule is CC1CCN(c2ccc(NC(=O)c3ccccc3Br)nc2)CC1. The average Bonchev–Trinajstić information content (AvgIpc) is 2.57. The molecule has 120 valence electrons. The van der Waals surface area contributed by atoms with Crippen LogP contribution in [0.3, 0.4) is 0 Å². The Hall–Kier alpha value is -1.88. The van der Waals surface area contributed by atoms with E-state index >= 15 is 0 Å². The van der Waals surface area contributed by atoms with E-state index in [1.54, 1.807) is 6.07 Å². The number of aromatic nitrogens is 1. The molecule has 4 nitrogen and oxygen atoms in total. The van der Waals surface area contributed by atoms with Crippen LogP contribution in [-0.4, -0.2) is 24.0 Å². The van der Waals surface area contributed by atoms with Gasteiger partial charge < -0.3 is 10.2 Å². The lowest BCUT2D eigenvalue weighted by molar-refractivity contribution is 0.102. The Morgan fingerprint density at radius 3 is 2.61 bits per heavy atom. The number of nitrogens with one attached hydrogen (secondary N) is 1. The Balaban J connectivity index is 1.66. The zero-order chi connectivity index (χ0) is 16.2. The summed E-state index contributed by atoms with van der Waals surface area (Å²) in [5.41, 5.74) is 1.72. The molecular formula is C18H20BrN3O. The molecule has 0 spiro atoms. The smallest absolute Gasteiger partial charge is 0.257 e. The van der Waals surface area contributed by atoms with Gasteiger partial charge in [-0.2, -0.15) is 0 Å². The van der Waals surface area contributed by atoms with Gasteiger partial charge in [0.1, 0.15) is 5.82 Å². The second-order valence-electron chi connectivity index (χ2n) is 6.01. The lowest BCUT2D eigenvalue weighted by Crippen LogP contribution is -2.32. The zero-order valence-corrected chi connectivity index (χ0v) is 14.7. The quantitative estimate of drug-likeness (QED) is 0.870. The molecule has 2 heterocycles. The summed E-state index contributed by atoms with van der Waals surface area (Å²) >= 11 is 3.39. The summed E-state index contributed by atoms with van der Waals surface area (Å²) in [6, 6.07) is 11.2. The average molecular weight is 374 g/mol. The van der Waals surface area contributed by atoms with Gasteiger partial charge in [-0.05, 0) is 59.0 Å². The summed E-state index contributed by atoms with van der Waals surface area (Å²) < 4.78 is 0.775. The molecule has 5 heteroatoms. The van der Waals surface area contributed by atoms with E-state index in [0.29, 0.717) is 11.4 Å². The van der Waals surface area contributed by atoms with Gasteiger partial charge in [0.15, 0.2) is 0 Å². The van der Waals surface area contributed by atoms with E-state index in [9.17, 15) is 4.79 Å². The van der Waals surface area contributed by atoms with Crippen LogP contribution in [0.5, 0.6) is 0 Å². The summed E-state index contributed by atoms with van der Waals surface area (Å²) in [4.78, 5) is 19.0. The van der Waals surface area contributed by atoms with Crippen molar-refractivity contribution in [3.05, 3.63) is 52.6 Å². The van der Waals surface area contributed by atoms with Crippen molar-refractivity contribution in [2.24, 2.45) is 5.92 Å². The van der Waals surface area contributed by atoms with Crippen LogP contribution in [0.1, 0.15) is 30.1 Å². The molecule has 0 bridgehead atoms. The number of amides is 1. The molecule has 0 saturated carbocycles. The molecule has 0 radical (unpaired) electrons. The molecule has 0 unspecified atom stereocenters. The molecule has 1 aromatic carbocycles. The van der Waals surface area contributed by atoms with E-state index in [4.69, 9.17) is 0 Å². The number of piperidine rings is 1. The minimum Gasteiger partial charge on any atom is -0.370 e. The number of carbonyl (C=O) groups excluding carboxylic acids is 1. The Bertz CT molecular complexity index is 679. The van der Waals surface area contributed by atoms with E-state index < -0.39 is 0 Å². The Morgan fingerprint density at radius 1 is 1.22 bits per heavy atom. The number of halogens is 1. The molecular weight excluding hydrogens is 354 g/mol. The standard InChI is InChI=1S/C18H20BrN3O/c1-13-8-10-22(11-9-13)14-6-7-17(20-12-14)21-18(23)15-4-2-3-5-16(15)19/h2-7,12-13H,8-11H2,1H3,(H,20,21,23). The maximum atomic E-state index is 12.3. The lowest BCUT2D eigenvalue weighted by Gasteiger charge is -2.31. The molecule has 3 rings (SSSR count). The number of anilines is 2. The largest absolute Gasteiger partial charge is 0.370 e. The van der Waals surface area contributed by atoms with E-state index in [1.807, 2.05) is 36.5 Å². The highest BCUT2D eigenvalue weighted by Crippen LogP contribution is 2.23. The number of hydrogen-bond acceptors (Lipinski definition) is 3. The van der Waals surface area contributed by atoms with Crippen molar-refractivity contribution in [2.75, 3.05) is 23.3 Å². The first-order valence-corrected chi connectivity index (χ1v) is 8.69. The van der Waals surface area contributed by atoms with Gasteiger partial charge in [-0.3, -0.25) is 4.79 Å². The van der Waals surface area contributed by atoms with Gasteiger partial charge in [0.25, 0.3) is 5.91 Å². The number of hydrogen-bond donors (Lipinski definition) is 1. The first kappa shape index (κ1) is 16.0. The van der Waals surface area contributed by atoms with E-state index in [-0.39, 0.29) is 5.91 Å². The fourth-order valence-corrected chi connectivity index (χ4v) is 3.21. The number of carbonyl (C=O) groups is 1. The Labute approximate surface area is 145 Å². The second kappa shape index (κ2) is 7.13. The molecule has 1 fully saturated rings. The summed E-state index contributed by atoms with van der Waals surface area (Å²) in [6.07, 6.45) is 4.28. The molecule has 0 aliphatic carbocycles. The normalized spacial score (nSPS) is 15.5. The Morgan fingerprint density at radius 2 is 1.96 bits per heavy atom. The maximum Gasteiger partial charge on any atom is 0.257 e. The topological polar surface area (TPSA) is 45.2 Å². The number of benzene rings is 1. The van der Waals surface area contributed by atoms with Crippen molar-refractivity contribution in [2.45, 2.75) is 19.8 Å². The monoisotopic (exact) mass is 373 g/mol. The number of pyridine rings is 1. The molecule has 23 heavy (non-hydrogen) atoms. The van der Waals surface area contributed by atoms with Gasteiger partial charge in [0.05, 0.1) is 17.4 Å². The van der Waals surface area contributed by atoms with Crippen LogP contribution in [0, 0.1) is 5.92 Å². The third kappa shape index (κ3) is 3.91. The molecule has 1 amide bonds. The minimum absolute atomic E-state index is 0.162. The molecule has 1 N–H and O–H groups in total. The van der Waals surface area contributed by atoms with Gasteiger partial charge in [-0.1, -0.05) is 19.1 Å². The summed E-state index contributed by atoms with van der Waals surface area (Å²) in [5, 5.41) is 2.84. The second-order valence-corrected chi connectivity index (χ2v) is 6.86. The highest BCUT2D eigenvalue weighted by atomic mass is 79.9. The third-order valence-electron chi connectivity index (χ3n) is 4.26. The predicted molar refractivity (Wildman–Crippen MR) is 96.9 cm³/mol. The third-order valence-corrected chi connectivity index (χ3v) is 4.95. The van der Waals surface area contributed by atoms with Crippen LogP contribution in [0.15, 0.2) is 47.1 Å². The van der Waals surface area contributed by atoms with Gasteiger partial charge in [-0.15, -0.1) is 0 Å². The van der Waals surface area contributed by atoms with Crippen LogP contribution in [0.2, 0.25) is 0 Å². The summed E-state index contributed by atoms with van der Waals surface area (Å²) in [7, 11) is 0. The van der Waals surface area contributed by atoms with Crippen LogP contribution in [-0.2, 0) is 0 Å². The van der Waals surface area contributed by atoms with Crippen LogP contribution < -0.4 is 10.2 Å². The summed E-state index contributed by atoms with van der Waals surface area (Å²) in [6.45, 7) is 4.45. The molecule has 1 aliphatic rings. The van der Waals surface area contributed by atoms with Crippen molar-refractivity contribution < 1.29 is 4.79 Å². The highest BCUT2D eigenvalue weighted by Gasteiger charge is 2.16. The van der Waals surface area contributed by atoms with Crippen molar-refractivity contribution in [3.8, 4) is 0 Å². The van der Waals surface area contributed by atoms with Crippen molar-refractivity contribution in [1.29, 1.82) is 0 Å². The first-order chi connectivity index (χ1) is 11.1. The fourth-order valence-electron chi connectivity index (χ4n) is 2.74. The molecule has 0 atom stereocenters. The van der Waals surface area contributed by atoms with Crippen LogP contribution in [0.4, 0.5) is 11.5 Å². The summed E-state index contributed by atoms with van der Waals surface area (Å²) in [5.74, 6) is 1.21. The van der Waals surface area contributed by atoms with Gasteiger partial charge in [0, 0.05) is 17.6 Å². The molecule has 1 saturated heterocycles. The van der Waals surface area contributed by atoms with E-state index in [2.05, 4.69) is 38.1 Å². The lowest BCUT2D eigenvalue weighted by atomic mass is 9.99. The predicted octanol–water partition coefficient (Wildman–Crippen LogP) is 4.33. The molecule has 1 aliphatic heterocycles. The first-order valence-electron chi connectivity index (χ1n) is 7.90. The van der Waals surface area contributed by atoms with Crippen molar-refractivity contribution in [1.82, 2.24) is 4.98 Å². The molecule has 2 aromatic rings. The molecule has 1 aromatic heterocycles. The Kier molecular flexibility index (Phi) is 4.96. The maximum absolute atomic E-state index is 12.3. The van der Waals surface area contributed by atoms with Crippen molar-refractivity contribution >= 4 is 33.3 Å². The number of nitrogens with zero attached hydrogens (tertiary/aromatic N) is 2. The minimum atomic E-state index is -0.162. The van der Waals surface area contributed by atoms with E-state index in [0.717, 1.165) is 29.2 Å². The fraction of sp³-hybridized carbons (Fsp3) is 0.333. The van der Waals surface area contributed by atoms with Gasteiger partial charge in [-0.25, -0.2) is 4.98 Å².